The minimum Gasteiger partial charge on any atom is -0.342 e. The van der Waals surface area contributed by atoms with Crippen molar-refractivity contribution in [3.8, 4) is 0 Å². The summed E-state index contributed by atoms with van der Waals surface area (Å²) in [5.41, 5.74) is 1.25. The Balaban J connectivity index is 1.67. The van der Waals surface area contributed by atoms with Crippen LogP contribution in [0.4, 0.5) is 0 Å². The zero-order valence-corrected chi connectivity index (χ0v) is 16.3. The van der Waals surface area contributed by atoms with Gasteiger partial charge >= 0.3 is 0 Å². The third kappa shape index (κ3) is 3.01. The van der Waals surface area contributed by atoms with Gasteiger partial charge in [-0.05, 0) is 51.0 Å². The fraction of sp³-hybridized carbons (Fsp3) is 0.611. The zero-order valence-electron chi connectivity index (χ0n) is 14.7. The van der Waals surface area contributed by atoms with Crippen LogP contribution in [-0.4, -0.2) is 38.7 Å². The van der Waals surface area contributed by atoms with Crippen molar-refractivity contribution in [2.45, 2.75) is 55.9 Å². The maximum atomic E-state index is 12.9. The normalized spacial score (nSPS) is 18.6. The molecule has 2 aliphatic rings. The molecule has 2 aromatic rings. The van der Waals surface area contributed by atoms with Gasteiger partial charge in [0.2, 0.25) is 5.91 Å². The van der Waals surface area contributed by atoms with Gasteiger partial charge in [0.25, 0.3) is 5.56 Å². The van der Waals surface area contributed by atoms with Crippen molar-refractivity contribution in [3.63, 3.8) is 0 Å². The van der Waals surface area contributed by atoms with Crippen LogP contribution in [-0.2, 0) is 24.7 Å². The van der Waals surface area contributed by atoms with Crippen molar-refractivity contribution in [1.29, 1.82) is 0 Å². The molecule has 134 valence electrons. The SMILES string of the molecule is C[C@@H](Sc1nc2sc3c(c2c(=O)n1C)CCCC3)C(=O)N1CCCC1. The van der Waals surface area contributed by atoms with Crippen molar-refractivity contribution in [2.75, 3.05) is 13.1 Å². The summed E-state index contributed by atoms with van der Waals surface area (Å²) in [7, 11) is 1.77. The number of aryl methyl sites for hydroxylation is 2. The fourth-order valence-electron chi connectivity index (χ4n) is 3.78. The standard InChI is InChI=1S/C18H23N3O2S2/c1-11(16(22)21-9-5-6-10-21)24-18-19-15-14(17(23)20(18)2)12-7-3-4-8-13(12)25-15/h11H,3-10H2,1-2H3/t11-/m1/s1. The van der Waals surface area contributed by atoms with E-state index in [0.717, 1.165) is 55.4 Å². The largest absolute Gasteiger partial charge is 0.342 e. The van der Waals surface area contributed by atoms with Crippen LogP contribution in [0, 0.1) is 0 Å². The van der Waals surface area contributed by atoms with Crippen molar-refractivity contribution in [3.05, 3.63) is 20.8 Å². The van der Waals surface area contributed by atoms with Crippen molar-refractivity contribution >= 4 is 39.2 Å². The lowest BCUT2D eigenvalue weighted by atomic mass is 9.97. The molecule has 1 saturated heterocycles. The lowest BCUT2D eigenvalue weighted by molar-refractivity contribution is -0.129. The molecule has 0 N–H and O–H groups in total. The van der Waals surface area contributed by atoms with Gasteiger partial charge in [-0.1, -0.05) is 11.8 Å². The smallest absolute Gasteiger partial charge is 0.262 e. The van der Waals surface area contributed by atoms with Gasteiger partial charge in [0.05, 0.1) is 10.6 Å². The van der Waals surface area contributed by atoms with Gasteiger partial charge in [-0.3, -0.25) is 14.2 Å². The van der Waals surface area contributed by atoms with Gasteiger partial charge in [-0.15, -0.1) is 11.3 Å². The van der Waals surface area contributed by atoms with Crippen LogP contribution in [0.15, 0.2) is 9.95 Å². The molecule has 1 aliphatic heterocycles. The summed E-state index contributed by atoms with van der Waals surface area (Å²) < 4.78 is 1.63. The monoisotopic (exact) mass is 377 g/mol. The van der Waals surface area contributed by atoms with Crippen LogP contribution in [0.1, 0.15) is 43.0 Å². The van der Waals surface area contributed by atoms with Crippen LogP contribution in [0.2, 0.25) is 0 Å². The van der Waals surface area contributed by atoms with E-state index < -0.39 is 0 Å². The molecule has 0 aromatic carbocycles. The number of thiophene rings is 1. The summed E-state index contributed by atoms with van der Waals surface area (Å²) in [6.07, 6.45) is 6.58. The van der Waals surface area contributed by atoms with E-state index in [4.69, 9.17) is 4.98 Å². The Morgan fingerprint density at radius 2 is 1.92 bits per heavy atom. The molecule has 1 amide bonds. The van der Waals surface area contributed by atoms with Gasteiger partial charge in [0.1, 0.15) is 4.83 Å². The predicted octanol–water partition coefficient (Wildman–Crippen LogP) is 2.98. The van der Waals surface area contributed by atoms with E-state index in [9.17, 15) is 9.59 Å². The Kier molecular flexibility index (Phi) is 4.62. The summed E-state index contributed by atoms with van der Waals surface area (Å²) in [6, 6.07) is 0. The number of carbonyl (C=O) groups excluding carboxylic acids is 1. The first-order chi connectivity index (χ1) is 12.1. The molecule has 7 heteroatoms. The highest BCUT2D eigenvalue weighted by Crippen LogP contribution is 2.35. The van der Waals surface area contributed by atoms with E-state index in [1.165, 1.54) is 28.6 Å². The predicted molar refractivity (Wildman–Crippen MR) is 103 cm³/mol. The van der Waals surface area contributed by atoms with Crippen LogP contribution in [0.5, 0.6) is 0 Å². The van der Waals surface area contributed by atoms with Gasteiger partial charge < -0.3 is 4.90 Å². The molecular formula is C18H23N3O2S2. The molecule has 5 nitrogen and oxygen atoms in total. The molecule has 0 bridgehead atoms. The maximum absolute atomic E-state index is 12.9. The molecule has 0 unspecified atom stereocenters. The van der Waals surface area contributed by atoms with E-state index in [1.54, 1.807) is 23.0 Å². The summed E-state index contributed by atoms with van der Waals surface area (Å²) in [5.74, 6) is 0.155. The molecule has 1 atom stereocenters. The van der Waals surface area contributed by atoms with Gasteiger partial charge in [-0.25, -0.2) is 4.98 Å². The lowest BCUT2D eigenvalue weighted by Gasteiger charge is -2.20. The van der Waals surface area contributed by atoms with Crippen LogP contribution < -0.4 is 5.56 Å². The van der Waals surface area contributed by atoms with E-state index in [0.29, 0.717) is 5.16 Å². The first-order valence-corrected chi connectivity index (χ1v) is 10.7. The lowest BCUT2D eigenvalue weighted by Crippen LogP contribution is -2.34. The number of hydrogen-bond donors (Lipinski definition) is 0. The number of hydrogen-bond acceptors (Lipinski definition) is 5. The molecule has 25 heavy (non-hydrogen) atoms. The second kappa shape index (κ2) is 6.76. The highest BCUT2D eigenvalue weighted by Gasteiger charge is 2.26. The average Bonchev–Trinajstić information content (AvgIpc) is 3.26. The molecule has 0 radical (unpaired) electrons. The molecular weight excluding hydrogens is 354 g/mol. The van der Waals surface area contributed by atoms with Crippen LogP contribution in [0.25, 0.3) is 10.2 Å². The Hall–Kier alpha value is -1.34. The zero-order chi connectivity index (χ0) is 17.6. The Morgan fingerprint density at radius 3 is 2.68 bits per heavy atom. The van der Waals surface area contributed by atoms with E-state index >= 15 is 0 Å². The number of carbonyl (C=O) groups is 1. The summed E-state index contributed by atoms with van der Waals surface area (Å²) in [6.45, 7) is 3.63. The molecule has 0 saturated carbocycles. The van der Waals surface area contributed by atoms with E-state index in [2.05, 4.69) is 0 Å². The second-order valence-electron chi connectivity index (χ2n) is 6.94. The minimum atomic E-state index is -0.219. The van der Waals surface area contributed by atoms with E-state index in [1.807, 2.05) is 11.8 Å². The highest BCUT2D eigenvalue weighted by atomic mass is 32.2. The fourth-order valence-corrected chi connectivity index (χ4v) is 6.04. The Bertz CT molecular complexity index is 881. The van der Waals surface area contributed by atoms with Gasteiger partial charge in [0.15, 0.2) is 5.16 Å². The topological polar surface area (TPSA) is 55.2 Å². The van der Waals surface area contributed by atoms with Crippen LogP contribution in [0.3, 0.4) is 0 Å². The Labute approximate surface area is 155 Å². The second-order valence-corrected chi connectivity index (χ2v) is 9.33. The van der Waals surface area contributed by atoms with Crippen molar-refractivity contribution in [1.82, 2.24) is 14.5 Å². The van der Waals surface area contributed by atoms with Crippen molar-refractivity contribution < 1.29 is 4.79 Å². The molecule has 1 aliphatic carbocycles. The Morgan fingerprint density at radius 1 is 1.20 bits per heavy atom. The summed E-state index contributed by atoms with van der Waals surface area (Å²) in [5, 5.41) is 1.24. The average molecular weight is 378 g/mol. The number of nitrogens with zero attached hydrogens (tertiary/aromatic N) is 3. The number of likely N-dealkylation sites (tertiary alicyclic amines) is 1. The quantitative estimate of drug-likeness (QED) is 0.610. The molecule has 3 heterocycles. The minimum absolute atomic E-state index is 0.0349. The van der Waals surface area contributed by atoms with Crippen LogP contribution >= 0.6 is 23.1 Å². The first-order valence-electron chi connectivity index (χ1n) is 9.03. The third-order valence-corrected chi connectivity index (χ3v) is 7.52. The summed E-state index contributed by atoms with van der Waals surface area (Å²) in [4.78, 5) is 34.3. The number of aromatic nitrogens is 2. The number of rotatable bonds is 3. The number of thioether (sulfide) groups is 1. The van der Waals surface area contributed by atoms with Gasteiger partial charge in [0, 0.05) is 25.0 Å². The summed E-state index contributed by atoms with van der Waals surface area (Å²) >= 11 is 3.07. The molecule has 4 rings (SSSR count). The molecule has 2 aromatic heterocycles. The third-order valence-electron chi connectivity index (χ3n) is 5.20. The van der Waals surface area contributed by atoms with Crippen molar-refractivity contribution in [2.24, 2.45) is 7.05 Å². The maximum Gasteiger partial charge on any atom is 0.262 e. The first kappa shape index (κ1) is 17.1. The van der Waals surface area contributed by atoms with Gasteiger partial charge in [-0.2, -0.15) is 0 Å². The number of fused-ring (bicyclic) bond motifs is 3. The molecule has 0 spiro atoms. The number of amides is 1. The highest BCUT2D eigenvalue weighted by molar-refractivity contribution is 8.00. The van der Waals surface area contributed by atoms with E-state index in [-0.39, 0.29) is 16.7 Å². The molecule has 1 fully saturated rings.